The second-order valence-corrected chi connectivity index (χ2v) is 5.95. The van der Waals surface area contributed by atoms with Crippen molar-refractivity contribution in [1.82, 2.24) is 0 Å². The van der Waals surface area contributed by atoms with Gasteiger partial charge in [-0.15, -0.1) is 11.6 Å². The van der Waals surface area contributed by atoms with Gasteiger partial charge in [0.15, 0.2) is 0 Å². The number of hydrogen-bond donors (Lipinski definition) is 2. The Morgan fingerprint density at radius 1 is 0.615 bits per heavy atom. The van der Waals surface area contributed by atoms with Gasteiger partial charge in [-0.1, -0.05) is 66.7 Å². The molecule has 136 valence electrons. The van der Waals surface area contributed by atoms with E-state index in [1.165, 1.54) is 0 Å². The third-order valence-electron chi connectivity index (χ3n) is 3.71. The quantitative estimate of drug-likeness (QED) is 0.619. The molecule has 0 saturated carbocycles. The lowest BCUT2D eigenvalue weighted by atomic mass is 10.1. The minimum absolute atomic E-state index is 0.0832. The molecule has 3 nitrogen and oxygen atoms in total. The van der Waals surface area contributed by atoms with Crippen molar-refractivity contribution in [3.05, 3.63) is 101 Å². The molecule has 0 saturated heterocycles. The maximum Gasteiger partial charge on any atom is 0.119 e. The molecule has 2 N–H and O–H groups in total. The van der Waals surface area contributed by atoms with Gasteiger partial charge in [0.2, 0.25) is 0 Å². The van der Waals surface area contributed by atoms with Crippen molar-refractivity contribution in [1.29, 1.82) is 0 Å². The summed E-state index contributed by atoms with van der Waals surface area (Å²) in [6.07, 6.45) is 0. The van der Waals surface area contributed by atoms with Crippen molar-refractivity contribution in [2.24, 2.45) is 0 Å². The molecule has 3 rings (SSSR count). The first-order chi connectivity index (χ1) is 12.7. The summed E-state index contributed by atoms with van der Waals surface area (Å²) in [5.74, 6) is 1.40. The van der Waals surface area contributed by atoms with Gasteiger partial charge in [-0.2, -0.15) is 0 Å². The average molecular weight is 371 g/mol. The molecule has 0 unspecified atom stereocenters. The molecule has 0 aromatic heterocycles. The Kier molecular flexibility index (Phi) is 8.70. The van der Waals surface area contributed by atoms with Crippen LogP contribution < -0.4 is 4.74 Å². The minimum atomic E-state index is 0.0832. The Morgan fingerprint density at radius 3 is 1.54 bits per heavy atom. The van der Waals surface area contributed by atoms with Crippen LogP contribution in [0.1, 0.15) is 22.3 Å². The van der Waals surface area contributed by atoms with E-state index in [1.807, 2.05) is 78.9 Å². The summed E-state index contributed by atoms with van der Waals surface area (Å²) >= 11 is 5.56. The number of alkyl halides is 1. The van der Waals surface area contributed by atoms with Crippen LogP contribution >= 0.6 is 11.6 Å². The van der Waals surface area contributed by atoms with Crippen molar-refractivity contribution in [2.75, 3.05) is 0 Å². The number of benzene rings is 3. The van der Waals surface area contributed by atoms with Gasteiger partial charge in [0.05, 0.1) is 13.2 Å². The van der Waals surface area contributed by atoms with E-state index in [9.17, 15) is 0 Å². The Hall–Kier alpha value is -2.33. The smallest absolute Gasteiger partial charge is 0.119 e. The summed E-state index contributed by atoms with van der Waals surface area (Å²) in [6, 6.07) is 25.0. The number of rotatable bonds is 6. The molecule has 0 amide bonds. The van der Waals surface area contributed by atoms with Gasteiger partial charge in [0, 0.05) is 5.88 Å². The van der Waals surface area contributed by atoms with E-state index in [1.54, 1.807) is 0 Å². The molecule has 26 heavy (non-hydrogen) atoms. The first kappa shape index (κ1) is 20.0. The van der Waals surface area contributed by atoms with Gasteiger partial charge in [-0.25, -0.2) is 0 Å². The fourth-order valence-electron chi connectivity index (χ4n) is 2.16. The van der Waals surface area contributed by atoms with E-state index in [-0.39, 0.29) is 13.2 Å². The van der Waals surface area contributed by atoms with Crippen LogP contribution in [-0.4, -0.2) is 10.2 Å². The van der Waals surface area contributed by atoms with Crippen molar-refractivity contribution < 1.29 is 14.9 Å². The highest BCUT2D eigenvalue weighted by atomic mass is 35.5. The van der Waals surface area contributed by atoms with Crippen molar-refractivity contribution in [3.8, 4) is 5.75 Å². The van der Waals surface area contributed by atoms with E-state index < -0.39 is 0 Å². The zero-order valence-electron chi connectivity index (χ0n) is 14.5. The predicted octanol–water partition coefficient (Wildman–Crippen LogP) is 4.68. The maximum atomic E-state index is 8.91. The average Bonchev–Trinajstić information content (AvgIpc) is 2.74. The predicted molar refractivity (Wildman–Crippen MR) is 105 cm³/mol. The van der Waals surface area contributed by atoms with Gasteiger partial charge >= 0.3 is 0 Å². The summed E-state index contributed by atoms with van der Waals surface area (Å²) in [5.41, 5.74) is 4.03. The molecule has 0 aliphatic rings. The molecule has 0 aliphatic heterocycles. The SMILES string of the molecule is OCc1ccc(CCl)cc1.OCc1ccc(COc2ccccc2)cc1. The fraction of sp³-hybridized carbons (Fsp3) is 0.182. The summed E-state index contributed by atoms with van der Waals surface area (Å²) in [7, 11) is 0. The van der Waals surface area contributed by atoms with Crippen LogP contribution in [0.25, 0.3) is 0 Å². The van der Waals surface area contributed by atoms with Gasteiger partial charge < -0.3 is 14.9 Å². The number of ether oxygens (including phenoxy) is 1. The third kappa shape index (κ3) is 6.89. The lowest BCUT2D eigenvalue weighted by Gasteiger charge is -2.06. The highest BCUT2D eigenvalue weighted by Gasteiger charge is 1.95. The van der Waals surface area contributed by atoms with E-state index in [4.69, 9.17) is 26.6 Å². The molecule has 0 heterocycles. The van der Waals surface area contributed by atoms with Gasteiger partial charge in [0.25, 0.3) is 0 Å². The van der Waals surface area contributed by atoms with Crippen molar-refractivity contribution >= 4 is 11.6 Å². The minimum Gasteiger partial charge on any atom is -0.489 e. The first-order valence-electron chi connectivity index (χ1n) is 8.36. The largest absolute Gasteiger partial charge is 0.489 e. The van der Waals surface area contributed by atoms with Gasteiger partial charge in [-0.3, -0.25) is 0 Å². The van der Waals surface area contributed by atoms with Crippen LogP contribution in [0.4, 0.5) is 0 Å². The van der Waals surface area contributed by atoms with Crippen molar-refractivity contribution in [3.63, 3.8) is 0 Å². The lowest BCUT2D eigenvalue weighted by Crippen LogP contribution is -1.95. The topological polar surface area (TPSA) is 49.7 Å². The molecule has 0 bridgehead atoms. The zero-order chi connectivity index (χ0) is 18.6. The van der Waals surface area contributed by atoms with Crippen LogP contribution in [0.15, 0.2) is 78.9 Å². The highest BCUT2D eigenvalue weighted by Crippen LogP contribution is 2.12. The number of halogens is 1. The number of para-hydroxylation sites is 1. The molecule has 0 radical (unpaired) electrons. The molecule has 0 spiro atoms. The molecule has 3 aromatic rings. The van der Waals surface area contributed by atoms with Gasteiger partial charge in [-0.05, 0) is 34.4 Å². The van der Waals surface area contributed by atoms with Gasteiger partial charge in [0.1, 0.15) is 12.4 Å². The lowest BCUT2D eigenvalue weighted by molar-refractivity contribution is 0.281. The van der Waals surface area contributed by atoms with Crippen LogP contribution in [0.5, 0.6) is 5.75 Å². The maximum absolute atomic E-state index is 8.91. The molecule has 0 aliphatic carbocycles. The Morgan fingerprint density at radius 2 is 1.08 bits per heavy atom. The summed E-state index contributed by atoms with van der Waals surface area (Å²) < 4.78 is 5.60. The fourth-order valence-corrected chi connectivity index (χ4v) is 2.34. The molecular formula is C22H23ClO3. The van der Waals surface area contributed by atoms with Crippen LogP contribution in [0.3, 0.4) is 0 Å². The van der Waals surface area contributed by atoms with E-state index >= 15 is 0 Å². The molecule has 0 fully saturated rings. The van der Waals surface area contributed by atoms with Crippen molar-refractivity contribution in [2.45, 2.75) is 25.7 Å². The summed E-state index contributed by atoms with van der Waals surface area (Å²) in [4.78, 5) is 0. The number of aliphatic hydroxyl groups excluding tert-OH is 2. The summed E-state index contributed by atoms with van der Waals surface area (Å²) in [6.45, 7) is 0.734. The van der Waals surface area contributed by atoms with E-state index in [0.29, 0.717) is 12.5 Å². The highest BCUT2D eigenvalue weighted by molar-refractivity contribution is 6.17. The first-order valence-corrected chi connectivity index (χ1v) is 8.89. The monoisotopic (exact) mass is 370 g/mol. The zero-order valence-corrected chi connectivity index (χ0v) is 15.3. The second kappa shape index (κ2) is 11.3. The third-order valence-corrected chi connectivity index (χ3v) is 4.02. The van der Waals surface area contributed by atoms with E-state index in [2.05, 4.69) is 0 Å². The van der Waals surface area contributed by atoms with E-state index in [0.717, 1.165) is 28.0 Å². The number of aliphatic hydroxyl groups is 2. The van der Waals surface area contributed by atoms with Crippen LogP contribution in [-0.2, 0) is 25.7 Å². The van der Waals surface area contributed by atoms with Crippen LogP contribution in [0, 0.1) is 0 Å². The summed E-state index contributed by atoms with van der Waals surface area (Å²) in [5, 5.41) is 17.6. The molecular weight excluding hydrogens is 348 g/mol. The molecule has 4 heteroatoms. The Bertz CT molecular complexity index is 718. The Labute approximate surface area is 159 Å². The van der Waals surface area contributed by atoms with Crippen LogP contribution in [0.2, 0.25) is 0 Å². The Balaban J connectivity index is 0.000000209. The molecule has 3 aromatic carbocycles. The molecule has 0 atom stereocenters. The normalized spacial score (nSPS) is 9.96. The number of hydrogen-bond acceptors (Lipinski definition) is 3. The second-order valence-electron chi connectivity index (χ2n) is 5.68. The standard InChI is InChI=1S/C14H14O2.C8H9ClO/c15-10-12-6-8-13(9-7-12)11-16-14-4-2-1-3-5-14;9-5-7-1-3-8(6-10)4-2-7/h1-9,15H,10-11H2;1-4,10H,5-6H2.